The van der Waals surface area contributed by atoms with Crippen molar-refractivity contribution >= 4 is 38.4 Å². The van der Waals surface area contributed by atoms with Crippen molar-refractivity contribution in [2.24, 2.45) is 0 Å². The van der Waals surface area contributed by atoms with Gasteiger partial charge in [0.2, 0.25) is 5.91 Å². The highest BCUT2D eigenvalue weighted by Gasteiger charge is 2.58. The Kier molecular flexibility index (Phi) is 3.29. The van der Waals surface area contributed by atoms with Gasteiger partial charge in [0, 0.05) is 24.1 Å². The summed E-state index contributed by atoms with van der Waals surface area (Å²) in [5.74, 6) is 0.147. The van der Waals surface area contributed by atoms with Gasteiger partial charge in [0.25, 0.3) is 0 Å². The van der Waals surface area contributed by atoms with Crippen molar-refractivity contribution in [3.63, 3.8) is 0 Å². The lowest BCUT2D eigenvalue weighted by atomic mass is 9.57. The van der Waals surface area contributed by atoms with Gasteiger partial charge in [-0.3, -0.25) is 9.78 Å². The second-order valence-corrected chi connectivity index (χ2v) is 8.12. The Labute approximate surface area is 159 Å². The summed E-state index contributed by atoms with van der Waals surface area (Å²) in [5, 5.41) is 0.861. The molecule has 3 nitrogen and oxygen atoms in total. The lowest BCUT2D eigenvalue weighted by Crippen LogP contribution is -2.47. The zero-order valence-electron chi connectivity index (χ0n) is 14.2. The zero-order valence-corrected chi connectivity index (χ0v) is 15.8. The van der Waals surface area contributed by atoms with Gasteiger partial charge in [0.1, 0.15) is 5.82 Å². The van der Waals surface area contributed by atoms with Gasteiger partial charge in [0.05, 0.1) is 27.3 Å². The third kappa shape index (κ3) is 1.98. The first-order valence-electron chi connectivity index (χ1n) is 8.62. The summed E-state index contributed by atoms with van der Waals surface area (Å²) in [6.07, 6.45) is 3.26. The van der Waals surface area contributed by atoms with Crippen LogP contribution in [0.2, 0.25) is 0 Å². The normalized spacial score (nSPS) is 24.2. The molecular formula is C21H16BrFN2O. The van der Waals surface area contributed by atoms with Gasteiger partial charge >= 0.3 is 0 Å². The summed E-state index contributed by atoms with van der Waals surface area (Å²) in [5.41, 5.74) is 3.18. The van der Waals surface area contributed by atoms with Crippen LogP contribution in [0.5, 0.6) is 0 Å². The summed E-state index contributed by atoms with van der Waals surface area (Å²) in [7, 11) is 1.80. The van der Waals surface area contributed by atoms with Crippen LogP contribution in [0.15, 0.2) is 53.1 Å². The molecule has 0 saturated heterocycles. The number of hydrogen-bond donors (Lipinski definition) is 0. The first-order valence-corrected chi connectivity index (χ1v) is 9.42. The fourth-order valence-electron chi connectivity index (χ4n) is 4.59. The number of hydrogen-bond acceptors (Lipinski definition) is 2. The number of fused-ring (bicyclic) bond motifs is 4. The molecular weight excluding hydrogens is 395 g/mol. The van der Waals surface area contributed by atoms with Crippen LogP contribution in [0.1, 0.15) is 29.9 Å². The maximum absolute atomic E-state index is 14.0. The van der Waals surface area contributed by atoms with E-state index in [0.717, 1.165) is 29.5 Å². The standard InChI is InChI=1S/C21H16BrFN2O/c1-25-18-11-24-17-8-16(23)15(22)7-14(17)19(18)21(20(25)26)9-13(10-21)12-5-3-2-4-6-12/h2-8,11,13H,9-10H2,1H3/t13-,21+. The third-order valence-electron chi connectivity index (χ3n) is 5.90. The quantitative estimate of drug-likeness (QED) is 0.569. The molecule has 2 aliphatic rings. The van der Waals surface area contributed by atoms with E-state index in [0.29, 0.717) is 15.9 Å². The molecule has 1 spiro atoms. The van der Waals surface area contributed by atoms with Crippen molar-refractivity contribution in [3.05, 3.63) is 70.1 Å². The van der Waals surface area contributed by atoms with E-state index in [1.165, 1.54) is 11.6 Å². The monoisotopic (exact) mass is 410 g/mol. The molecule has 1 aromatic heterocycles. The summed E-state index contributed by atoms with van der Waals surface area (Å²) in [6, 6.07) is 13.5. The third-order valence-corrected chi connectivity index (χ3v) is 6.51. The van der Waals surface area contributed by atoms with Crippen LogP contribution in [0, 0.1) is 5.82 Å². The molecule has 0 bridgehead atoms. The minimum absolute atomic E-state index is 0.120. The van der Waals surface area contributed by atoms with Gasteiger partial charge in [0.15, 0.2) is 0 Å². The number of pyridine rings is 1. The number of amides is 1. The second-order valence-electron chi connectivity index (χ2n) is 7.26. The summed E-state index contributed by atoms with van der Waals surface area (Å²) in [4.78, 5) is 19.2. The van der Waals surface area contributed by atoms with Crippen molar-refractivity contribution in [3.8, 4) is 0 Å². The first-order chi connectivity index (χ1) is 12.5. The highest BCUT2D eigenvalue weighted by molar-refractivity contribution is 9.10. The molecule has 1 saturated carbocycles. The average Bonchev–Trinajstić information content (AvgIpc) is 2.84. The molecule has 2 heterocycles. The van der Waals surface area contributed by atoms with E-state index in [9.17, 15) is 9.18 Å². The van der Waals surface area contributed by atoms with E-state index in [-0.39, 0.29) is 11.7 Å². The number of anilines is 1. The molecule has 26 heavy (non-hydrogen) atoms. The Morgan fingerprint density at radius 1 is 1.23 bits per heavy atom. The zero-order chi connectivity index (χ0) is 18.1. The van der Waals surface area contributed by atoms with Gasteiger partial charge in [-0.1, -0.05) is 30.3 Å². The van der Waals surface area contributed by atoms with Crippen LogP contribution in [0.3, 0.4) is 0 Å². The number of nitrogens with zero attached hydrogens (tertiary/aromatic N) is 2. The predicted octanol–water partition coefficient (Wildman–Crippen LogP) is 4.93. The first kappa shape index (κ1) is 15.9. The van der Waals surface area contributed by atoms with Crippen LogP contribution in [0.25, 0.3) is 10.9 Å². The predicted molar refractivity (Wildman–Crippen MR) is 103 cm³/mol. The van der Waals surface area contributed by atoms with Crippen molar-refractivity contribution in [1.82, 2.24) is 4.98 Å². The van der Waals surface area contributed by atoms with Gasteiger partial charge < -0.3 is 4.90 Å². The number of benzene rings is 2. The van der Waals surface area contributed by atoms with E-state index in [4.69, 9.17) is 0 Å². The Morgan fingerprint density at radius 2 is 1.96 bits per heavy atom. The highest BCUT2D eigenvalue weighted by atomic mass is 79.9. The van der Waals surface area contributed by atoms with E-state index in [1.807, 2.05) is 18.2 Å². The number of halogens is 2. The second kappa shape index (κ2) is 5.36. The van der Waals surface area contributed by atoms with Crippen LogP contribution in [0.4, 0.5) is 10.1 Å². The summed E-state index contributed by atoms with van der Waals surface area (Å²) >= 11 is 3.28. The lowest BCUT2D eigenvalue weighted by Gasteiger charge is -2.44. The Balaban J connectivity index is 1.67. The molecule has 0 atom stereocenters. The molecule has 5 rings (SSSR count). The highest BCUT2D eigenvalue weighted by Crippen LogP contribution is 2.60. The molecule has 0 unspecified atom stereocenters. The Hall–Kier alpha value is -2.27. The molecule has 2 aromatic carbocycles. The van der Waals surface area contributed by atoms with Crippen molar-refractivity contribution < 1.29 is 9.18 Å². The number of likely N-dealkylation sites (N-methyl/N-ethyl adjacent to an activating group) is 1. The van der Waals surface area contributed by atoms with E-state index in [1.54, 1.807) is 24.2 Å². The van der Waals surface area contributed by atoms with E-state index < -0.39 is 5.41 Å². The number of carbonyl (C=O) groups excluding carboxylic acids is 1. The Morgan fingerprint density at radius 3 is 2.69 bits per heavy atom. The number of aromatic nitrogens is 1. The molecule has 1 aliphatic carbocycles. The summed E-state index contributed by atoms with van der Waals surface area (Å²) < 4.78 is 14.4. The minimum Gasteiger partial charge on any atom is -0.313 e. The van der Waals surface area contributed by atoms with E-state index >= 15 is 0 Å². The molecule has 1 fully saturated rings. The molecule has 130 valence electrons. The topological polar surface area (TPSA) is 33.2 Å². The average molecular weight is 411 g/mol. The molecule has 0 radical (unpaired) electrons. The molecule has 3 aromatic rings. The van der Waals surface area contributed by atoms with Crippen LogP contribution in [-0.2, 0) is 10.2 Å². The van der Waals surface area contributed by atoms with Crippen LogP contribution in [-0.4, -0.2) is 17.9 Å². The van der Waals surface area contributed by atoms with Crippen molar-refractivity contribution in [2.75, 3.05) is 11.9 Å². The smallest absolute Gasteiger partial charge is 0.237 e. The fraction of sp³-hybridized carbons (Fsp3) is 0.238. The number of rotatable bonds is 1. The summed E-state index contributed by atoms with van der Waals surface area (Å²) in [6.45, 7) is 0. The largest absolute Gasteiger partial charge is 0.313 e. The minimum atomic E-state index is -0.525. The van der Waals surface area contributed by atoms with Gasteiger partial charge in [-0.2, -0.15) is 0 Å². The molecule has 1 amide bonds. The number of carbonyl (C=O) groups is 1. The van der Waals surface area contributed by atoms with Crippen LogP contribution >= 0.6 is 15.9 Å². The SMILES string of the molecule is CN1c2cnc3cc(F)c(Br)cc3c2[C@]2(C[C@H](c3ccccc3)C2)C1=O. The lowest BCUT2D eigenvalue weighted by molar-refractivity contribution is -0.126. The van der Waals surface area contributed by atoms with Crippen molar-refractivity contribution in [2.45, 2.75) is 24.2 Å². The molecule has 5 heteroatoms. The van der Waals surface area contributed by atoms with Gasteiger partial charge in [-0.05, 0) is 46.3 Å². The van der Waals surface area contributed by atoms with E-state index in [2.05, 4.69) is 33.0 Å². The Bertz CT molecular complexity index is 1060. The maximum atomic E-state index is 14.0. The molecule has 1 aliphatic heterocycles. The van der Waals surface area contributed by atoms with Gasteiger partial charge in [-0.25, -0.2) is 4.39 Å². The fourth-order valence-corrected chi connectivity index (χ4v) is 4.94. The van der Waals surface area contributed by atoms with Crippen molar-refractivity contribution in [1.29, 1.82) is 0 Å². The van der Waals surface area contributed by atoms with Crippen LogP contribution < -0.4 is 4.90 Å². The maximum Gasteiger partial charge on any atom is 0.237 e. The molecule has 0 N–H and O–H groups in total. The van der Waals surface area contributed by atoms with Gasteiger partial charge in [-0.15, -0.1) is 0 Å².